The Hall–Kier alpha value is -4.53. The first-order chi connectivity index (χ1) is 18.0. The van der Waals surface area contributed by atoms with Gasteiger partial charge in [-0.05, 0) is 57.4 Å². The summed E-state index contributed by atoms with van der Waals surface area (Å²) < 4.78 is 9.83. The van der Waals surface area contributed by atoms with Crippen molar-refractivity contribution in [3.8, 4) is 11.1 Å². The summed E-state index contributed by atoms with van der Waals surface area (Å²) in [5.41, 5.74) is 11.3. The zero-order valence-electron chi connectivity index (χ0n) is 19.7. The summed E-state index contributed by atoms with van der Waals surface area (Å²) in [6.07, 6.45) is 5.26. The van der Waals surface area contributed by atoms with Crippen LogP contribution in [0, 0.1) is 0 Å². The summed E-state index contributed by atoms with van der Waals surface area (Å²) in [5.74, 6) is 0.638. The van der Waals surface area contributed by atoms with Gasteiger partial charge in [-0.2, -0.15) is 4.52 Å². The fourth-order valence-electron chi connectivity index (χ4n) is 5.17. The molecule has 0 fully saturated rings. The summed E-state index contributed by atoms with van der Waals surface area (Å²) in [4.78, 5) is 4.37. The molecule has 0 radical (unpaired) electrons. The second kappa shape index (κ2) is 7.99. The van der Waals surface area contributed by atoms with Gasteiger partial charge in [0.15, 0.2) is 5.65 Å². The highest BCUT2D eigenvalue weighted by molar-refractivity contribution is 6.30. The Morgan fingerprint density at radius 2 is 1.86 bits per heavy atom. The SMILES string of the molecule is Cn1cncc1C(N)(c1ccc2c(c1)c(-c1cccc(Cl)c1)cc1nnnn12)c1occ2ccccc12. The molecule has 0 saturated carbocycles. The molecule has 4 heterocycles. The average Bonchev–Trinajstić information content (AvgIpc) is 3.67. The van der Waals surface area contributed by atoms with Gasteiger partial charge in [0, 0.05) is 28.2 Å². The summed E-state index contributed by atoms with van der Waals surface area (Å²) in [6, 6.07) is 23.8. The first-order valence-electron chi connectivity index (χ1n) is 11.7. The third-order valence-electron chi connectivity index (χ3n) is 6.96. The van der Waals surface area contributed by atoms with Crippen molar-refractivity contribution >= 4 is 38.9 Å². The van der Waals surface area contributed by atoms with Crippen LogP contribution in [0.4, 0.5) is 0 Å². The third kappa shape index (κ3) is 3.20. The molecule has 0 aliphatic carbocycles. The molecule has 0 aliphatic heterocycles. The summed E-state index contributed by atoms with van der Waals surface area (Å²) in [7, 11) is 1.93. The largest absolute Gasteiger partial charge is 0.465 e. The second-order valence-electron chi connectivity index (χ2n) is 9.10. The lowest BCUT2D eigenvalue weighted by molar-refractivity contribution is 0.428. The number of tetrazole rings is 1. The maximum absolute atomic E-state index is 7.39. The number of aryl methyl sites for hydroxylation is 1. The van der Waals surface area contributed by atoms with Crippen molar-refractivity contribution in [2.45, 2.75) is 5.54 Å². The third-order valence-corrected chi connectivity index (χ3v) is 7.20. The number of furan rings is 1. The highest BCUT2D eigenvalue weighted by Gasteiger charge is 2.39. The van der Waals surface area contributed by atoms with Crippen LogP contribution in [0.1, 0.15) is 17.0 Å². The maximum atomic E-state index is 7.39. The first kappa shape index (κ1) is 21.7. The molecular weight excluding hydrogens is 486 g/mol. The standard InChI is InChI=1S/C28H20ClN7O/c1-35-16-31-14-25(35)28(30,27-21-8-3-2-5-18(21)15-37-27)19-9-10-24-23(12-19)22(13-26-32-33-34-36(24)26)17-6-4-7-20(29)11-17/h2-16H,30H2,1H3. The molecule has 7 aromatic rings. The van der Waals surface area contributed by atoms with Crippen LogP contribution in [0.2, 0.25) is 5.02 Å². The molecule has 7 rings (SSSR count). The fourth-order valence-corrected chi connectivity index (χ4v) is 5.36. The monoisotopic (exact) mass is 505 g/mol. The fraction of sp³-hybridized carbons (Fsp3) is 0.0714. The van der Waals surface area contributed by atoms with Gasteiger partial charge in [-0.1, -0.05) is 54.1 Å². The molecule has 0 amide bonds. The lowest BCUT2D eigenvalue weighted by Crippen LogP contribution is -2.40. The van der Waals surface area contributed by atoms with Crippen molar-refractivity contribution in [3.05, 3.63) is 114 Å². The highest BCUT2D eigenvalue weighted by Crippen LogP contribution is 2.41. The van der Waals surface area contributed by atoms with E-state index in [1.54, 1.807) is 23.3 Å². The van der Waals surface area contributed by atoms with Crippen molar-refractivity contribution in [1.82, 2.24) is 29.6 Å². The number of halogens is 1. The molecule has 1 atom stereocenters. The molecule has 180 valence electrons. The van der Waals surface area contributed by atoms with Crippen molar-refractivity contribution in [3.63, 3.8) is 0 Å². The van der Waals surface area contributed by atoms with E-state index in [2.05, 4.69) is 26.6 Å². The molecule has 0 spiro atoms. The van der Waals surface area contributed by atoms with E-state index in [0.717, 1.165) is 44.1 Å². The van der Waals surface area contributed by atoms with Crippen LogP contribution >= 0.6 is 11.6 Å². The van der Waals surface area contributed by atoms with Crippen LogP contribution in [0.25, 0.3) is 38.4 Å². The lowest BCUT2D eigenvalue weighted by Gasteiger charge is -2.29. The van der Waals surface area contributed by atoms with Gasteiger partial charge in [0.1, 0.15) is 11.3 Å². The quantitative estimate of drug-likeness (QED) is 0.347. The average molecular weight is 506 g/mol. The molecule has 2 N–H and O–H groups in total. The van der Waals surface area contributed by atoms with E-state index in [1.807, 2.05) is 78.3 Å². The van der Waals surface area contributed by atoms with Crippen LogP contribution < -0.4 is 5.73 Å². The van der Waals surface area contributed by atoms with E-state index in [-0.39, 0.29) is 0 Å². The summed E-state index contributed by atoms with van der Waals surface area (Å²) in [6.45, 7) is 0. The van der Waals surface area contributed by atoms with E-state index >= 15 is 0 Å². The lowest BCUT2D eigenvalue weighted by atomic mass is 9.82. The Morgan fingerprint density at radius 3 is 2.70 bits per heavy atom. The predicted octanol–water partition coefficient (Wildman–Crippen LogP) is 5.33. The van der Waals surface area contributed by atoms with E-state index in [0.29, 0.717) is 16.4 Å². The van der Waals surface area contributed by atoms with Crippen molar-refractivity contribution in [1.29, 1.82) is 0 Å². The number of nitrogens with two attached hydrogens (primary N) is 1. The van der Waals surface area contributed by atoms with Gasteiger partial charge in [0.2, 0.25) is 0 Å². The zero-order chi connectivity index (χ0) is 25.1. The zero-order valence-corrected chi connectivity index (χ0v) is 20.5. The molecule has 3 aromatic carbocycles. The number of imidazole rings is 1. The summed E-state index contributed by atoms with van der Waals surface area (Å²) in [5, 5.41) is 15.8. The topological polar surface area (TPSA) is 100 Å². The first-order valence-corrected chi connectivity index (χ1v) is 12.1. The highest BCUT2D eigenvalue weighted by atomic mass is 35.5. The number of pyridine rings is 1. The van der Waals surface area contributed by atoms with Gasteiger partial charge in [-0.15, -0.1) is 5.10 Å². The maximum Gasteiger partial charge on any atom is 0.180 e. The molecule has 1 unspecified atom stereocenters. The number of hydrogen-bond donors (Lipinski definition) is 1. The van der Waals surface area contributed by atoms with Gasteiger partial charge in [-0.25, -0.2) is 4.98 Å². The molecule has 4 aromatic heterocycles. The normalized spacial score (nSPS) is 13.5. The minimum Gasteiger partial charge on any atom is -0.465 e. The Bertz CT molecular complexity index is 1950. The Balaban J connectivity index is 1.57. The van der Waals surface area contributed by atoms with Gasteiger partial charge in [-0.3, -0.25) is 0 Å². The Morgan fingerprint density at radius 1 is 0.973 bits per heavy atom. The molecule has 8 nitrogen and oxygen atoms in total. The van der Waals surface area contributed by atoms with Gasteiger partial charge in [0.05, 0.1) is 30.0 Å². The molecule has 0 bridgehead atoms. The number of benzene rings is 3. The van der Waals surface area contributed by atoms with Crippen LogP contribution in [-0.2, 0) is 12.6 Å². The number of aromatic nitrogens is 6. The minimum absolute atomic E-state index is 0.637. The van der Waals surface area contributed by atoms with E-state index < -0.39 is 5.54 Å². The molecule has 0 aliphatic rings. The second-order valence-corrected chi connectivity index (χ2v) is 9.54. The smallest absolute Gasteiger partial charge is 0.180 e. The van der Waals surface area contributed by atoms with Crippen molar-refractivity contribution in [2.75, 3.05) is 0 Å². The number of hydrogen-bond acceptors (Lipinski definition) is 6. The van der Waals surface area contributed by atoms with Crippen LogP contribution in [0.3, 0.4) is 0 Å². The van der Waals surface area contributed by atoms with E-state index in [9.17, 15) is 0 Å². The van der Waals surface area contributed by atoms with Gasteiger partial charge >= 0.3 is 0 Å². The minimum atomic E-state index is -1.14. The molecule has 37 heavy (non-hydrogen) atoms. The summed E-state index contributed by atoms with van der Waals surface area (Å²) >= 11 is 6.37. The number of nitrogens with zero attached hydrogens (tertiary/aromatic N) is 6. The van der Waals surface area contributed by atoms with E-state index in [1.165, 1.54) is 0 Å². The van der Waals surface area contributed by atoms with Crippen molar-refractivity contribution in [2.24, 2.45) is 12.8 Å². The molecule has 0 saturated heterocycles. The Kier molecular flexibility index (Phi) is 4.69. The Labute approximate surface area is 215 Å². The van der Waals surface area contributed by atoms with Crippen LogP contribution in [0.15, 0.2) is 96.0 Å². The predicted molar refractivity (Wildman–Crippen MR) is 142 cm³/mol. The van der Waals surface area contributed by atoms with Gasteiger partial charge < -0.3 is 14.7 Å². The molecular formula is C28H20ClN7O. The van der Waals surface area contributed by atoms with Crippen molar-refractivity contribution < 1.29 is 4.42 Å². The van der Waals surface area contributed by atoms with Gasteiger partial charge in [0.25, 0.3) is 0 Å². The van der Waals surface area contributed by atoms with Crippen LogP contribution in [0.5, 0.6) is 0 Å². The van der Waals surface area contributed by atoms with Crippen LogP contribution in [-0.4, -0.2) is 29.6 Å². The molecule has 9 heteroatoms. The van der Waals surface area contributed by atoms with E-state index in [4.69, 9.17) is 21.8 Å². The number of fused-ring (bicyclic) bond motifs is 4. The number of rotatable bonds is 4.